The molecule has 0 aromatic heterocycles. The van der Waals surface area contributed by atoms with Crippen molar-refractivity contribution in [1.29, 1.82) is 0 Å². The Balaban J connectivity index is 1.58. The van der Waals surface area contributed by atoms with E-state index in [1.54, 1.807) is 0 Å². The summed E-state index contributed by atoms with van der Waals surface area (Å²) in [6.45, 7) is 5.27. The number of fused-ring (bicyclic) bond motifs is 1. The lowest BCUT2D eigenvalue weighted by Gasteiger charge is -2.33. The van der Waals surface area contributed by atoms with Crippen molar-refractivity contribution in [3.63, 3.8) is 0 Å². The first kappa shape index (κ1) is 12.5. The lowest BCUT2D eigenvalue weighted by Crippen LogP contribution is -2.43. The maximum atomic E-state index is 6.13. The molecule has 2 N–H and O–H groups in total. The number of nitrogens with zero attached hydrogens (tertiary/aromatic N) is 2. The van der Waals surface area contributed by atoms with Gasteiger partial charge in [0.25, 0.3) is 0 Å². The van der Waals surface area contributed by atoms with Crippen LogP contribution in [-0.2, 0) is 6.42 Å². The molecule has 3 rings (SSSR count). The van der Waals surface area contributed by atoms with Gasteiger partial charge >= 0.3 is 0 Å². The van der Waals surface area contributed by atoms with Crippen molar-refractivity contribution in [3.8, 4) is 0 Å². The number of hydrogen-bond donors (Lipinski definition) is 1. The van der Waals surface area contributed by atoms with Gasteiger partial charge in [-0.25, -0.2) is 0 Å². The van der Waals surface area contributed by atoms with E-state index in [0.29, 0.717) is 5.92 Å². The van der Waals surface area contributed by atoms with Crippen LogP contribution in [0.15, 0.2) is 29.3 Å². The minimum absolute atomic E-state index is 0.581. The molecule has 1 aromatic rings. The second-order valence-electron chi connectivity index (χ2n) is 5.99. The highest BCUT2D eigenvalue weighted by molar-refractivity contribution is 5.78. The van der Waals surface area contributed by atoms with Crippen LogP contribution in [0.4, 0.5) is 0 Å². The molecule has 1 aliphatic heterocycles. The van der Waals surface area contributed by atoms with Gasteiger partial charge in [-0.2, -0.15) is 0 Å². The van der Waals surface area contributed by atoms with Crippen LogP contribution in [0.5, 0.6) is 0 Å². The fourth-order valence-electron chi connectivity index (χ4n) is 3.23. The average Bonchev–Trinajstić information content (AvgIpc) is 2.39. The number of benzene rings is 1. The standard InChI is InChI=1S/C16H23N3/c1-12-5-4-8-19(11-12)16(17)18-10-14-9-13-6-2-3-7-15(13)14/h2-3,6-7,12,14H,4-5,8-11H2,1H3,(H2,17,18). The maximum absolute atomic E-state index is 6.13. The molecule has 19 heavy (non-hydrogen) atoms. The number of guanidine groups is 1. The molecule has 3 nitrogen and oxygen atoms in total. The zero-order chi connectivity index (χ0) is 13.2. The summed E-state index contributed by atoms with van der Waals surface area (Å²) in [7, 11) is 0. The van der Waals surface area contributed by atoms with Gasteiger partial charge in [0.1, 0.15) is 0 Å². The minimum atomic E-state index is 0.581. The molecular formula is C16H23N3. The Morgan fingerprint density at radius 2 is 2.26 bits per heavy atom. The highest BCUT2D eigenvalue weighted by Gasteiger charge is 2.25. The normalized spacial score (nSPS) is 26.8. The van der Waals surface area contributed by atoms with Crippen molar-refractivity contribution in [2.24, 2.45) is 16.6 Å². The van der Waals surface area contributed by atoms with E-state index in [1.807, 2.05) is 0 Å². The molecule has 1 saturated heterocycles. The number of nitrogens with two attached hydrogens (primary N) is 1. The van der Waals surface area contributed by atoms with Crippen molar-refractivity contribution >= 4 is 5.96 Å². The van der Waals surface area contributed by atoms with Crippen LogP contribution in [0.25, 0.3) is 0 Å². The summed E-state index contributed by atoms with van der Waals surface area (Å²) >= 11 is 0. The number of aliphatic imine (C=N–C) groups is 1. The largest absolute Gasteiger partial charge is 0.370 e. The summed E-state index contributed by atoms with van der Waals surface area (Å²) < 4.78 is 0. The lowest BCUT2D eigenvalue weighted by molar-refractivity contribution is 0.270. The van der Waals surface area contributed by atoms with Crippen molar-refractivity contribution in [2.45, 2.75) is 32.1 Å². The van der Waals surface area contributed by atoms with Gasteiger partial charge in [0.2, 0.25) is 0 Å². The highest BCUT2D eigenvalue weighted by atomic mass is 15.3. The highest BCUT2D eigenvalue weighted by Crippen LogP contribution is 2.34. The van der Waals surface area contributed by atoms with E-state index in [9.17, 15) is 0 Å². The Kier molecular flexibility index (Phi) is 3.45. The summed E-state index contributed by atoms with van der Waals surface area (Å²) in [6.07, 6.45) is 3.72. The molecule has 0 bridgehead atoms. The van der Waals surface area contributed by atoms with Gasteiger partial charge < -0.3 is 10.6 Å². The molecule has 1 aromatic carbocycles. The number of piperidine rings is 1. The van der Waals surface area contributed by atoms with E-state index in [2.05, 4.69) is 41.1 Å². The van der Waals surface area contributed by atoms with E-state index in [4.69, 9.17) is 5.73 Å². The first-order valence-electron chi connectivity index (χ1n) is 7.36. The van der Waals surface area contributed by atoms with Crippen LogP contribution in [0, 0.1) is 5.92 Å². The fourth-order valence-corrected chi connectivity index (χ4v) is 3.23. The van der Waals surface area contributed by atoms with Crippen LogP contribution in [0.2, 0.25) is 0 Å². The lowest BCUT2D eigenvalue weighted by atomic mass is 9.78. The predicted molar refractivity (Wildman–Crippen MR) is 79.3 cm³/mol. The molecule has 0 spiro atoms. The summed E-state index contributed by atoms with van der Waals surface area (Å²) in [5, 5.41) is 0. The molecule has 0 saturated carbocycles. The fraction of sp³-hybridized carbons (Fsp3) is 0.562. The number of likely N-dealkylation sites (tertiary alicyclic amines) is 1. The van der Waals surface area contributed by atoms with Gasteiger partial charge in [0.15, 0.2) is 5.96 Å². The second kappa shape index (κ2) is 5.24. The first-order chi connectivity index (χ1) is 9.24. The van der Waals surface area contributed by atoms with Gasteiger partial charge in [0, 0.05) is 25.6 Å². The van der Waals surface area contributed by atoms with Gasteiger partial charge in [0.05, 0.1) is 0 Å². The summed E-state index contributed by atoms with van der Waals surface area (Å²) in [5.74, 6) is 2.07. The van der Waals surface area contributed by atoms with Crippen LogP contribution in [-0.4, -0.2) is 30.5 Å². The molecule has 2 atom stereocenters. The topological polar surface area (TPSA) is 41.6 Å². The number of rotatable bonds is 2. The van der Waals surface area contributed by atoms with Crippen molar-refractivity contribution in [1.82, 2.24) is 4.90 Å². The quantitative estimate of drug-likeness (QED) is 0.653. The third-order valence-corrected chi connectivity index (χ3v) is 4.42. The first-order valence-corrected chi connectivity index (χ1v) is 7.36. The number of hydrogen-bond acceptors (Lipinski definition) is 1. The second-order valence-corrected chi connectivity index (χ2v) is 5.99. The van der Waals surface area contributed by atoms with E-state index < -0.39 is 0 Å². The Bertz CT molecular complexity index is 481. The molecule has 3 heteroatoms. The van der Waals surface area contributed by atoms with Gasteiger partial charge in [-0.3, -0.25) is 4.99 Å². The van der Waals surface area contributed by atoms with Gasteiger partial charge in [-0.15, -0.1) is 0 Å². The Labute approximate surface area is 115 Å². The van der Waals surface area contributed by atoms with Crippen molar-refractivity contribution in [3.05, 3.63) is 35.4 Å². The third kappa shape index (κ3) is 2.60. The molecule has 1 aliphatic carbocycles. The summed E-state index contributed by atoms with van der Waals surface area (Å²) in [4.78, 5) is 6.87. The Morgan fingerprint density at radius 3 is 3.05 bits per heavy atom. The Hall–Kier alpha value is -1.51. The van der Waals surface area contributed by atoms with Gasteiger partial charge in [-0.1, -0.05) is 31.2 Å². The SMILES string of the molecule is CC1CCCN(C(N)=NCC2Cc3ccccc32)C1. The Morgan fingerprint density at radius 1 is 1.42 bits per heavy atom. The zero-order valence-corrected chi connectivity index (χ0v) is 11.7. The maximum Gasteiger partial charge on any atom is 0.191 e. The van der Waals surface area contributed by atoms with E-state index in [0.717, 1.165) is 37.9 Å². The van der Waals surface area contributed by atoms with Gasteiger partial charge in [-0.05, 0) is 36.3 Å². The predicted octanol–water partition coefficient (Wildman–Crippen LogP) is 2.37. The van der Waals surface area contributed by atoms with Crippen LogP contribution in [0.3, 0.4) is 0 Å². The molecule has 102 valence electrons. The molecule has 2 aliphatic rings. The third-order valence-electron chi connectivity index (χ3n) is 4.42. The zero-order valence-electron chi connectivity index (χ0n) is 11.7. The van der Waals surface area contributed by atoms with Crippen LogP contribution < -0.4 is 5.73 Å². The van der Waals surface area contributed by atoms with Crippen molar-refractivity contribution in [2.75, 3.05) is 19.6 Å². The molecule has 1 heterocycles. The molecule has 0 amide bonds. The smallest absolute Gasteiger partial charge is 0.191 e. The van der Waals surface area contributed by atoms with Crippen LogP contribution >= 0.6 is 0 Å². The molecular weight excluding hydrogens is 234 g/mol. The van der Waals surface area contributed by atoms with Crippen LogP contribution in [0.1, 0.15) is 36.8 Å². The van der Waals surface area contributed by atoms with Crippen molar-refractivity contribution < 1.29 is 0 Å². The minimum Gasteiger partial charge on any atom is -0.370 e. The average molecular weight is 257 g/mol. The molecule has 2 unspecified atom stereocenters. The van der Waals surface area contributed by atoms with E-state index >= 15 is 0 Å². The summed E-state index contributed by atoms with van der Waals surface area (Å²) in [5.41, 5.74) is 9.08. The molecule has 1 fully saturated rings. The molecule has 0 radical (unpaired) electrons. The van der Waals surface area contributed by atoms with E-state index in [1.165, 1.54) is 24.0 Å². The monoisotopic (exact) mass is 257 g/mol. The summed E-state index contributed by atoms with van der Waals surface area (Å²) in [6, 6.07) is 8.66. The van der Waals surface area contributed by atoms with E-state index in [-0.39, 0.29) is 0 Å².